The quantitative estimate of drug-likeness (QED) is 0.189. The molecule has 0 spiro atoms. The Labute approximate surface area is 192 Å². The second-order valence-corrected chi connectivity index (χ2v) is 10.1. The average molecular weight is 467 g/mol. The Balaban J connectivity index is 1.86. The maximum absolute atomic E-state index is 13.9. The molecule has 0 unspecified atom stereocenters. The highest BCUT2D eigenvalue weighted by Gasteiger charge is 2.44. The van der Waals surface area contributed by atoms with Gasteiger partial charge in [-0.25, -0.2) is 12.4 Å². The van der Waals surface area contributed by atoms with Crippen molar-refractivity contribution in [3.63, 3.8) is 0 Å². The molecule has 3 aromatic rings. The predicted octanol–water partition coefficient (Wildman–Crippen LogP) is 5.50. The summed E-state index contributed by atoms with van der Waals surface area (Å²) >= 11 is 0. The summed E-state index contributed by atoms with van der Waals surface area (Å²) < 4.78 is 34.0. The standard InChI is InChI=1S/C24H26N4O4S/c1-3-24(14-6-16-26-27-25)15-13-21-22(23(24)29)19-7-4-5-8-20(19)28(21)33(30,31)18-11-9-17(32-2)10-12-18/h4-5,7-12H,3,6,13-16H2,1-2H3/t24-/m1/s1. The number of carbonyl (C=O) groups excluding carboxylic acids is 1. The molecule has 0 aliphatic heterocycles. The fourth-order valence-electron chi connectivity index (χ4n) is 4.89. The summed E-state index contributed by atoms with van der Waals surface area (Å²) in [6.07, 6.45) is 2.89. The van der Waals surface area contributed by atoms with Crippen LogP contribution in [0.1, 0.15) is 48.7 Å². The van der Waals surface area contributed by atoms with Crippen LogP contribution in [0.15, 0.2) is 58.5 Å². The summed E-state index contributed by atoms with van der Waals surface area (Å²) in [7, 11) is -2.40. The number of Topliss-reactive ketones (excluding diaryl/α,β-unsaturated/α-hetero) is 1. The second kappa shape index (κ2) is 8.92. The van der Waals surface area contributed by atoms with Crippen molar-refractivity contribution in [3.05, 3.63) is 70.2 Å². The lowest BCUT2D eigenvalue weighted by Crippen LogP contribution is -2.36. The summed E-state index contributed by atoms with van der Waals surface area (Å²) in [5.74, 6) is 0.545. The molecule has 1 aliphatic rings. The van der Waals surface area contributed by atoms with Crippen LogP contribution in [0.3, 0.4) is 0 Å². The SMILES string of the molecule is CC[C@@]1(CCCN=[N+]=[N-])CCc2c(c3ccccc3n2S(=O)(=O)c2ccc(OC)cc2)C1=O. The number of hydrogen-bond donors (Lipinski definition) is 0. The average Bonchev–Trinajstić information content (AvgIpc) is 3.19. The molecule has 8 nitrogen and oxygen atoms in total. The van der Waals surface area contributed by atoms with E-state index in [1.165, 1.54) is 23.2 Å². The number of azide groups is 1. The van der Waals surface area contributed by atoms with Gasteiger partial charge in [-0.2, -0.15) is 0 Å². The Bertz CT molecular complexity index is 1360. The van der Waals surface area contributed by atoms with E-state index in [0.29, 0.717) is 66.6 Å². The van der Waals surface area contributed by atoms with Gasteiger partial charge in [0.2, 0.25) is 0 Å². The molecule has 0 amide bonds. The lowest BCUT2D eigenvalue weighted by Gasteiger charge is -2.35. The van der Waals surface area contributed by atoms with Crippen molar-refractivity contribution in [2.45, 2.75) is 43.9 Å². The van der Waals surface area contributed by atoms with Gasteiger partial charge in [0, 0.05) is 33.5 Å². The molecular weight excluding hydrogens is 440 g/mol. The molecule has 1 aliphatic carbocycles. The minimum Gasteiger partial charge on any atom is -0.497 e. The topological polar surface area (TPSA) is 114 Å². The molecule has 0 saturated heterocycles. The van der Waals surface area contributed by atoms with E-state index >= 15 is 0 Å². The van der Waals surface area contributed by atoms with E-state index in [1.54, 1.807) is 24.3 Å². The maximum atomic E-state index is 13.9. The first-order valence-corrected chi connectivity index (χ1v) is 12.4. The summed E-state index contributed by atoms with van der Waals surface area (Å²) in [6, 6.07) is 13.4. The van der Waals surface area contributed by atoms with Gasteiger partial charge >= 0.3 is 0 Å². The third-order valence-electron chi connectivity index (χ3n) is 6.73. The number of nitrogens with zero attached hydrogens (tertiary/aromatic N) is 4. The minimum atomic E-state index is -3.93. The molecule has 33 heavy (non-hydrogen) atoms. The van der Waals surface area contributed by atoms with Crippen LogP contribution in [0.4, 0.5) is 0 Å². The van der Waals surface area contributed by atoms with Crippen LogP contribution in [-0.2, 0) is 16.4 Å². The number of fused-ring (bicyclic) bond motifs is 3. The normalized spacial score (nSPS) is 18.1. The molecule has 1 heterocycles. The molecule has 1 aromatic heterocycles. The number of benzene rings is 2. The van der Waals surface area contributed by atoms with Crippen molar-refractivity contribution in [1.29, 1.82) is 0 Å². The first-order chi connectivity index (χ1) is 15.9. The third-order valence-corrected chi connectivity index (χ3v) is 8.49. The van der Waals surface area contributed by atoms with Crippen molar-refractivity contribution in [2.24, 2.45) is 10.5 Å². The molecule has 0 N–H and O–H groups in total. The smallest absolute Gasteiger partial charge is 0.268 e. The number of methoxy groups -OCH3 is 1. The summed E-state index contributed by atoms with van der Waals surface area (Å²) in [5.41, 5.74) is 9.51. The molecule has 9 heteroatoms. The second-order valence-electron chi connectivity index (χ2n) is 8.30. The summed E-state index contributed by atoms with van der Waals surface area (Å²) in [5, 5.41) is 4.25. The van der Waals surface area contributed by atoms with Gasteiger partial charge in [-0.1, -0.05) is 30.2 Å². The number of aromatic nitrogens is 1. The van der Waals surface area contributed by atoms with Crippen molar-refractivity contribution in [2.75, 3.05) is 13.7 Å². The molecule has 1 atom stereocenters. The minimum absolute atomic E-state index is 0.0212. The molecule has 0 fully saturated rings. The van der Waals surface area contributed by atoms with Gasteiger partial charge in [0.25, 0.3) is 10.0 Å². The van der Waals surface area contributed by atoms with Crippen molar-refractivity contribution in [3.8, 4) is 5.75 Å². The summed E-state index contributed by atoms with van der Waals surface area (Å²) in [6.45, 7) is 2.33. The molecule has 2 aromatic carbocycles. The lowest BCUT2D eigenvalue weighted by molar-refractivity contribution is 0.0726. The van der Waals surface area contributed by atoms with Gasteiger partial charge < -0.3 is 4.74 Å². The van der Waals surface area contributed by atoms with Crippen molar-refractivity contribution < 1.29 is 17.9 Å². The van der Waals surface area contributed by atoms with Crippen LogP contribution in [0.25, 0.3) is 21.3 Å². The van der Waals surface area contributed by atoms with E-state index in [2.05, 4.69) is 10.0 Å². The maximum Gasteiger partial charge on any atom is 0.268 e. The number of ether oxygens (including phenoxy) is 1. The zero-order chi connectivity index (χ0) is 23.6. The highest BCUT2D eigenvalue weighted by molar-refractivity contribution is 7.90. The molecule has 0 saturated carbocycles. The summed E-state index contributed by atoms with van der Waals surface area (Å²) in [4.78, 5) is 16.8. The van der Waals surface area contributed by atoms with E-state index in [0.717, 1.165) is 0 Å². The van der Waals surface area contributed by atoms with E-state index in [-0.39, 0.29) is 10.7 Å². The van der Waals surface area contributed by atoms with Gasteiger partial charge in [-0.15, -0.1) is 0 Å². The largest absolute Gasteiger partial charge is 0.497 e. The van der Waals surface area contributed by atoms with E-state index in [1.807, 2.05) is 19.1 Å². The number of ketones is 1. The molecule has 0 bridgehead atoms. The van der Waals surface area contributed by atoms with E-state index in [4.69, 9.17) is 10.3 Å². The van der Waals surface area contributed by atoms with Gasteiger partial charge in [0.15, 0.2) is 5.78 Å². The molecule has 0 radical (unpaired) electrons. The Hall–Kier alpha value is -3.29. The fourth-order valence-corrected chi connectivity index (χ4v) is 6.48. The van der Waals surface area contributed by atoms with Gasteiger partial charge in [-0.05, 0) is 68.0 Å². The van der Waals surface area contributed by atoms with E-state index in [9.17, 15) is 13.2 Å². The highest BCUT2D eigenvalue weighted by Crippen LogP contribution is 2.46. The number of hydrogen-bond acceptors (Lipinski definition) is 5. The van der Waals surface area contributed by atoms with Crippen molar-refractivity contribution in [1.82, 2.24) is 3.97 Å². The Morgan fingerprint density at radius 3 is 2.58 bits per heavy atom. The first-order valence-electron chi connectivity index (χ1n) is 11.0. The third kappa shape index (κ3) is 3.77. The van der Waals surface area contributed by atoms with Crippen LogP contribution < -0.4 is 4.74 Å². The lowest BCUT2D eigenvalue weighted by atomic mass is 9.67. The number of para-hydroxylation sites is 1. The zero-order valence-corrected chi connectivity index (χ0v) is 19.5. The monoisotopic (exact) mass is 466 g/mol. The van der Waals surface area contributed by atoms with Gasteiger partial charge in [-0.3, -0.25) is 4.79 Å². The zero-order valence-electron chi connectivity index (χ0n) is 18.7. The number of rotatable bonds is 8. The predicted molar refractivity (Wildman–Crippen MR) is 126 cm³/mol. The van der Waals surface area contributed by atoms with Crippen LogP contribution in [0.5, 0.6) is 5.75 Å². The van der Waals surface area contributed by atoms with Gasteiger partial charge in [0.1, 0.15) is 5.75 Å². The Morgan fingerprint density at radius 2 is 1.91 bits per heavy atom. The van der Waals surface area contributed by atoms with Gasteiger partial charge in [0.05, 0.1) is 17.5 Å². The molecular formula is C24H26N4O4S. The van der Waals surface area contributed by atoms with Crippen molar-refractivity contribution >= 4 is 26.7 Å². The van der Waals surface area contributed by atoms with E-state index < -0.39 is 15.4 Å². The molecule has 172 valence electrons. The molecule has 4 rings (SSSR count). The highest BCUT2D eigenvalue weighted by atomic mass is 32.2. The fraction of sp³-hybridized carbons (Fsp3) is 0.375. The number of carbonyl (C=O) groups is 1. The Kier molecular flexibility index (Phi) is 6.19. The van der Waals surface area contributed by atoms with Crippen LogP contribution in [-0.4, -0.2) is 31.8 Å². The first kappa shape index (κ1) is 22.9. The van der Waals surface area contributed by atoms with Crippen LogP contribution >= 0.6 is 0 Å². The Morgan fingerprint density at radius 1 is 1.18 bits per heavy atom. The van der Waals surface area contributed by atoms with Crippen LogP contribution in [0, 0.1) is 5.41 Å². The van der Waals surface area contributed by atoms with Crippen LogP contribution in [0.2, 0.25) is 0 Å².